The summed E-state index contributed by atoms with van der Waals surface area (Å²) in [4.78, 5) is 0. The van der Waals surface area contributed by atoms with Crippen LogP contribution in [-0.2, 0) is 19.6 Å². The summed E-state index contributed by atoms with van der Waals surface area (Å²) < 4.78 is 15.1. The lowest BCUT2D eigenvalue weighted by Crippen LogP contribution is -2.10. The van der Waals surface area contributed by atoms with Crippen LogP contribution in [0.4, 0.5) is 0 Å². The molecular weight excluding hydrogens is 256 g/mol. The Labute approximate surface area is 120 Å². The standard InChI is InChI=1S/C10H14O.C6H10O3/c1-10(2,3)8-6-4-5-7-9(8)11;1(5-3-8-5)7-2-6-4-9-6/h4-7,11H,1-3H3;5-6H,1-4H2. The van der Waals surface area contributed by atoms with E-state index in [1.807, 2.05) is 18.2 Å². The lowest BCUT2D eigenvalue weighted by molar-refractivity contribution is 0.102. The van der Waals surface area contributed by atoms with Crippen molar-refractivity contribution in [3.8, 4) is 5.75 Å². The van der Waals surface area contributed by atoms with E-state index < -0.39 is 0 Å². The zero-order valence-electron chi connectivity index (χ0n) is 12.5. The van der Waals surface area contributed by atoms with Gasteiger partial charge >= 0.3 is 0 Å². The first-order valence-electron chi connectivity index (χ1n) is 7.06. The van der Waals surface area contributed by atoms with Gasteiger partial charge in [0.25, 0.3) is 0 Å². The third kappa shape index (κ3) is 5.49. The van der Waals surface area contributed by atoms with Gasteiger partial charge in [-0.3, -0.25) is 0 Å². The highest BCUT2D eigenvalue weighted by molar-refractivity contribution is 5.36. The molecule has 1 aromatic rings. The molecule has 0 amide bonds. The molecule has 0 bridgehead atoms. The quantitative estimate of drug-likeness (QED) is 0.861. The molecule has 1 aromatic carbocycles. The van der Waals surface area contributed by atoms with Crippen molar-refractivity contribution in [3.05, 3.63) is 29.8 Å². The summed E-state index contributed by atoms with van der Waals surface area (Å²) in [6, 6.07) is 7.46. The molecule has 2 atom stereocenters. The average Bonchev–Trinajstić information content (AvgIpc) is 3.24. The molecule has 4 heteroatoms. The van der Waals surface area contributed by atoms with E-state index in [0.717, 1.165) is 32.0 Å². The predicted molar refractivity (Wildman–Crippen MR) is 77.1 cm³/mol. The Morgan fingerprint density at radius 2 is 1.60 bits per heavy atom. The minimum atomic E-state index is 0.0331. The van der Waals surface area contributed by atoms with Gasteiger partial charge in [0.15, 0.2) is 0 Å². The van der Waals surface area contributed by atoms with E-state index in [2.05, 4.69) is 20.8 Å². The van der Waals surface area contributed by atoms with Gasteiger partial charge in [-0.2, -0.15) is 0 Å². The first-order chi connectivity index (χ1) is 9.47. The summed E-state index contributed by atoms with van der Waals surface area (Å²) in [7, 11) is 0. The van der Waals surface area contributed by atoms with Crippen LogP contribution in [0.2, 0.25) is 0 Å². The summed E-state index contributed by atoms with van der Waals surface area (Å²) in [6.07, 6.45) is 0.785. The molecule has 2 saturated heterocycles. The Morgan fingerprint density at radius 1 is 1.10 bits per heavy atom. The number of hydrogen-bond donors (Lipinski definition) is 1. The molecule has 0 radical (unpaired) electrons. The van der Waals surface area contributed by atoms with Crippen molar-refractivity contribution in [3.63, 3.8) is 0 Å². The lowest BCUT2D eigenvalue weighted by Gasteiger charge is -2.19. The number of hydrogen-bond acceptors (Lipinski definition) is 4. The Hall–Kier alpha value is -1.10. The second kappa shape index (κ2) is 6.57. The van der Waals surface area contributed by atoms with E-state index in [-0.39, 0.29) is 5.41 Å². The number of epoxide rings is 2. The minimum Gasteiger partial charge on any atom is -0.508 e. The van der Waals surface area contributed by atoms with Crippen molar-refractivity contribution >= 4 is 0 Å². The normalized spacial score (nSPS) is 23.8. The monoisotopic (exact) mass is 280 g/mol. The Morgan fingerprint density at radius 3 is 1.95 bits per heavy atom. The molecule has 4 nitrogen and oxygen atoms in total. The zero-order valence-corrected chi connectivity index (χ0v) is 12.5. The van der Waals surface area contributed by atoms with Crippen molar-refractivity contribution in [2.75, 3.05) is 26.4 Å². The number of ether oxygens (including phenoxy) is 3. The fourth-order valence-corrected chi connectivity index (χ4v) is 1.77. The van der Waals surface area contributed by atoms with Crippen LogP contribution in [0.5, 0.6) is 5.75 Å². The van der Waals surface area contributed by atoms with Gasteiger partial charge in [0.1, 0.15) is 18.0 Å². The molecule has 0 aromatic heterocycles. The van der Waals surface area contributed by atoms with Gasteiger partial charge in [0.2, 0.25) is 0 Å². The zero-order chi connectivity index (χ0) is 14.6. The maximum Gasteiger partial charge on any atom is 0.119 e. The SMILES string of the molecule is C(OCC1CO1)C1CO1.CC(C)(C)c1ccccc1O. The van der Waals surface area contributed by atoms with Gasteiger partial charge in [-0.15, -0.1) is 0 Å². The van der Waals surface area contributed by atoms with Crippen molar-refractivity contribution in [1.29, 1.82) is 0 Å². The van der Waals surface area contributed by atoms with Gasteiger partial charge in [0.05, 0.1) is 26.4 Å². The fourth-order valence-electron chi connectivity index (χ4n) is 1.77. The molecule has 20 heavy (non-hydrogen) atoms. The van der Waals surface area contributed by atoms with Gasteiger partial charge in [-0.25, -0.2) is 0 Å². The number of phenolic OH excluding ortho intramolecular Hbond substituents is 1. The molecule has 2 aliphatic heterocycles. The molecule has 1 N–H and O–H groups in total. The van der Waals surface area contributed by atoms with E-state index in [1.165, 1.54) is 0 Å². The summed E-state index contributed by atoms with van der Waals surface area (Å²) in [5, 5.41) is 9.45. The minimum absolute atomic E-state index is 0.0331. The van der Waals surface area contributed by atoms with Crippen LogP contribution >= 0.6 is 0 Å². The molecule has 0 saturated carbocycles. The highest BCUT2D eigenvalue weighted by Crippen LogP contribution is 2.29. The third-order valence-electron chi connectivity index (χ3n) is 3.12. The van der Waals surface area contributed by atoms with Crippen LogP contribution in [0.15, 0.2) is 24.3 Å². The second-order valence-electron chi connectivity index (χ2n) is 6.22. The van der Waals surface area contributed by atoms with Crippen LogP contribution < -0.4 is 0 Å². The number of para-hydroxylation sites is 1. The van der Waals surface area contributed by atoms with E-state index in [1.54, 1.807) is 6.07 Å². The van der Waals surface area contributed by atoms with Crippen LogP contribution in [0, 0.1) is 0 Å². The van der Waals surface area contributed by atoms with Crippen molar-refractivity contribution in [2.45, 2.75) is 38.4 Å². The molecule has 0 aliphatic carbocycles. The summed E-state index contributed by atoms with van der Waals surface area (Å²) in [6.45, 7) is 9.52. The molecular formula is C16H24O4. The molecule has 112 valence electrons. The average molecular weight is 280 g/mol. The number of aromatic hydroxyl groups is 1. The van der Waals surface area contributed by atoms with Gasteiger partial charge in [-0.05, 0) is 17.0 Å². The molecule has 3 rings (SSSR count). The first kappa shape index (κ1) is 15.3. The van der Waals surface area contributed by atoms with Crippen molar-refractivity contribution < 1.29 is 19.3 Å². The van der Waals surface area contributed by atoms with Gasteiger partial charge in [0, 0.05) is 0 Å². The maximum absolute atomic E-state index is 9.45. The van der Waals surface area contributed by atoms with Crippen LogP contribution in [0.3, 0.4) is 0 Å². The van der Waals surface area contributed by atoms with E-state index in [0.29, 0.717) is 18.0 Å². The van der Waals surface area contributed by atoms with Crippen LogP contribution in [-0.4, -0.2) is 43.7 Å². The Kier molecular flexibility index (Phi) is 5.02. The largest absolute Gasteiger partial charge is 0.508 e. The lowest BCUT2D eigenvalue weighted by atomic mass is 9.86. The van der Waals surface area contributed by atoms with Gasteiger partial charge in [-0.1, -0.05) is 39.0 Å². The Bertz CT molecular complexity index is 405. The molecule has 2 aliphatic rings. The first-order valence-corrected chi connectivity index (χ1v) is 7.06. The summed E-state index contributed by atoms with van der Waals surface area (Å²) >= 11 is 0. The van der Waals surface area contributed by atoms with Crippen LogP contribution in [0.1, 0.15) is 26.3 Å². The molecule has 2 unspecified atom stereocenters. The smallest absolute Gasteiger partial charge is 0.119 e. The predicted octanol–water partition coefficient (Wildman–Crippen LogP) is 2.49. The highest BCUT2D eigenvalue weighted by atomic mass is 16.6. The van der Waals surface area contributed by atoms with Crippen LogP contribution in [0.25, 0.3) is 0 Å². The van der Waals surface area contributed by atoms with Crippen molar-refractivity contribution in [1.82, 2.24) is 0 Å². The fraction of sp³-hybridized carbons (Fsp3) is 0.625. The molecule has 2 heterocycles. The third-order valence-corrected chi connectivity index (χ3v) is 3.12. The summed E-state index contributed by atoms with van der Waals surface area (Å²) in [5.74, 6) is 0.389. The summed E-state index contributed by atoms with van der Waals surface area (Å²) in [5.41, 5.74) is 1.03. The number of rotatable bonds is 4. The number of benzene rings is 1. The second-order valence-corrected chi connectivity index (χ2v) is 6.22. The van der Waals surface area contributed by atoms with E-state index >= 15 is 0 Å². The van der Waals surface area contributed by atoms with Crippen molar-refractivity contribution in [2.24, 2.45) is 0 Å². The topological polar surface area (TPSA) is 54.5 Å². The highest BCUT2D eigenvalue weighted by Gasteiger charge is 2.26. The number of phenols is 1. The molecule has 0 spiro atoms. The Balaban J connectivity index is 0.000000149. The van der Waals surface area contributed by atoms with E-state index in [4.69, 9.17) is 14.2 Å². The van der Waals surface area contributed by atoms with E-state index in [9.17, 15) is 5.11 Å². The molecule has 2 fully saturated rings. The maximum atomic E-state index is 9.45. The van der Waals surface area contributed by atoms with Gasteiger partial charge < -0.3 is 19.3 Å².